The van der Waals surface area contributed by atoms with Gasteiger partial charge in [0.05, 0.1) is 22.2 Å². The van der Waals surface area contributed by atoms with Crippen LogP contribution in [-0.2, 0) is 6.42 Å². The fraction of sp³-hybridized carbons (Fsp3) is 0.212. The molecular weight excluding hydrogens is 498 g/mol. The van der Waals surface area contributed by atoms with Gasteiger partial charge in [0.15, 0.2) is 0 Å². The van der Waals surface area contributed by atoms with Crippen molar-refractivity contribution in [2.24, 2.45) is 10.9 Å². The van der Waals surface area contributed by atoms with Crippen molar-refractivity contribution < 1.29 is 0 Å². The van der Waals surface area contributed by atoms with E-state index in [0.717, 1.165) is 50.6 Å². The molecule has 0 atom stereocenters. The van der Waals surface area contributed by atoms with Crippen LogP contribution in [0.15, 0.2) is 66.0 Å². The Hall–Kier alpha value is -4.16. The maximum absolute atomic E-state index is 4.97. The van der Waals surface area contributed by atoms with Gasteiger partial charge in [-0.15, -0.1) is 11.3 Å². The first-order chi connectivity index (χ1) is 18.9. The molecular formula is C33H27N5S. The highest BCUT2D eigenvalue weighted by Gasteiger charge is 2.20. The van der Waals surface area contributed by atoms with Crippen LogP contribution in [0.5, 0.6) is 0 Å². The third-order valence-corrected chi connectivity index (χ3v) is 9.21. The largest absolute Gasteiger partial charge is 0.340 e. The van der Waals surface area contributed by atoms with Gasteiger partial charge in [0.25, 0.3) is 0 Å². The average Bonchev–Trinajstić information content (AvgIpc) is 3.66. The molecule has 5 nitrogen and oxygen atoms in total. The summed E-state index contributed by atoms with van der Waals surface area (Å²) in [6, 6.07) is 18.2. The Bertz CT molecular complexity index is 2160. The summed E-state index contributed by atoms with van der Waals surface area (Å²) in [6.45, 7) is 8.77. The van der Waals surface area contributed by atoms with Gasteiger partial charge in [0.2, 0.25) is 0 Å². The smallest absolute Gasteiger partial charge is 0.116 e. The molecule has 39 heavy (non-hydrogen) atoms. The van der Waals surface area contributed by atoms with E-state index < -0.39 is 0 Å². The molecule has 0 fully saturated rings. The summed E-state index contributed by atoms with van der Waals surface area (Å²) in [7, 11) is 0. The molecule has 1 N–H and O–H groups in total. The number of nitrogens with one attached hydrogen (secondary N) is 1. The summed E-state index contributed by atoms with van der Waals surface area (Å²) in [5.74, 6) is 1.78. The molecule has 7 aromatic rings. The number of H-pyrrole nitrogens is 1. The number of nitrogens with zero attached hydrogens (tertiary/aromatic N) is 4. The number of aliphatic imine (C=N–C) groups is 1. The zero-order chi connectivity index (χ0) is 26.4. The number of aromatic amines is 1. The molecule has 3 aromatic heterocycles. The van der Waals surface area contributed by atoms with Gasteiger partial charge in [0, 0.05) is 55.2 Å². The van der Waals surface area contributed by atoms with Crippen molar-refractivity contribution in [1.29, 1.82) is 0 Å². The molecule has 4 aromatic carbocycles. The lowest BCUT2D eigenvalue weighted by molar-refractivity contribution is 0.799. The summed E-state index contributed by atoms with van der Waals surface area (Å²) in [6.07, 6.45) is 4.51. The van der Waals surface area contributed by atoms with E-state index in [1.54, 1.807) is 6.33 Å². The van der Waals surface area contributed by atoms with E-state index in [1.807, 2.05) is 17.5 Å². The van der Waals surface area contributed by atoms with Crippen LogP contribution in [0.2, 0.25) is 0 Å². The Morgan fingerprint density at radius 1 is 0.769 bits per heavy atom. The summed E-state index contributed by atoms with van der Waals surface area (Å²) < 4.78 is 2.61. The molecule has 0 bridgehead atoms. The second-order valence-corrected chi connectivity index (χ2v) is 12.4. The van der Waals surface area contributed by atoms with Gasteiger partial charge < -0.3 is 4.98 Å². The lowest BCUT2D eigenvalue weighted by Gasteiger charge is -2.08. The van der Waals surface area contributed by atoms with Crippen LogP contribution in [0.3, 0.4) is 0 Å². The number of benzene rings is 4. The zero-order valence-corrected chi connectivity index (χ0v) is 23.1. The van der Waals surface area contributed by atoms with Crippen LogP contribution in [0.4, 0.5) is 5.69 Å². The fourth-order valence-corrected chi connectivity index (χ4v) is 7.07. The second kappa shape index (κ2) is 8.17. The Morgan fingerprint density at radius 2 is 1.56 bits per heavy atom. The molecule has 8 rings (SSSR count). The number of imidazole rings is 1. The topological polar surface area (TPSA) is 66.8 Å². The first-order valence-corrected chi connectivity index (χ1v) is 14.4. The maximum atomic E-state index is 4.97. The predicted molar refractivity (Wildman–Crippen MR) is 165 cm³/mol. The van der Waals surface area contributed by atoms with Gasteiger partial charge in [-0.25, -0.2) is 15.0 Å². The Labute approximate surface area is 229 Å². The third kappa shape index (κ3) is 3.37. The van der Waals surface area contributed by atoms with Crippen LogP contribution in [-0.4, -0.2) is 25.6 Å². The minimum absolute atomic E-state index is 0.307. The number of hydrogen-bond acceptors (Lipinski definition) is 5. The van der Waals surface area contributed by atoms with Crippen molar-refractivity contribution >= 4 is 75.6 Å². The number of fused-ring (bicyclic) bond motifs is 10. The van der Waals surface area contributed by atoms with Gasteiger partial charge in [-0.3, -0.25) is 4.99 Å². The highest BCUT2D eigenvalue weighted by molar-refractivity contribution is 7.25. The average molecular weight is 526 g/mol. The molecule has 0 saturated carbocycles. The number of hydrogen-bond donors (Lipinski definition) is 1. The quantitative estimate of drug-likeness (QED) is 0.234. The van der Waals surface area contributed by atoms with Crippen LogP contribution in [0.25, 0.3) is 64.0 Å². The molecule has 0 radical (unpaired) electrons. The Morgan fingerprint density at radius 3 is 2.38 bits per heavy atom. The number of aromatic nitrogens is 4. The van der Waals surface area contributed by atoms with Gasteiger partial charge in [-0.1, -0.05) is 52.0 Å². The van der Waals surface area contributed by atoms with E-state index in [2.05, 4.69) is 91.2 Å². The lowest BCUT2D eigenvalue weighted by atomic mass is 9.97. The van der Waals surface area contributed by atoms with E-state index >= 15 is 0 Å². The minimum atomic E-state index is 0.307. The fourth-order valence-electron chi connectivity index (χ4n) is 5.91. The molecule has 0 aliphatic carbocycles. The van der Waals surface area contributed by atoms with Crippen molar-refractivity contribution in [3.8, 4) is 11.1 Å². The monoisotopic (exact) mass is 525 g/mol. The number of thiophene rings is 1. The summed E-state index contributed by atoms with van der Waals surface area (Å²) in [5.41, 5.74) is 9.05. The summed E-state index contributed by atoms with van der Waals surface area (Å²) >= 11 is 1.86. The van der Waals surface area contributed by atoms with Crippen LogP contribution in [0, 0.1) is 5.92 Å². The second-order valence-electron chi connectivity index (χ2n) is 11.3. The summed E-state index contributed by atoms with van der Waals surface area (Å²) in [4.78, 5) is 22.4. The molecule has 0 unspecified atom stereocenters. The highest BCUT2D eigenvalue weighted by atomic mass is 32.1. The Kier molecular flexibility index (Phi) is 4.77. The molecule has 0 saturated heterocycles. The van der Waals surface area contributed by atoms with Gasteiger partial charge in [0.1, 0.15) is 12.2 Å². The number of rotatable bonds is 3. The summed E-state index contributed by atoms with van der Waals surface area (Å²) in [5, 5.41) is 5.95. The van der Waals surface area contributed by atoms with Crippen LogP contribution >= 0.6 is 11.3 Å². The molecule has 0 spiro atoms. The lowest BCUT2D eigenvalue weighted by Crippen LogP contribution is -2.06. The highest BCUT2D eigenvalue weighted by Crippen LogP contribution is 2.42. The minimum Gasteiger partial charge on any atom is -0.340 e. The van der Waals surface area contributed by atoms with Crippen LogP contribution < -0.4 is 0 Å². The van der Waals surface area contributed by atoms with Crippen molar-refractivity contribution in [3.05, 3.63) is 72.4 Å². The van der Waals surface area contributed by atoms with E-state index in [4.69, 9.17) is 9.98 Å². The zero-order valence-electron chi connectivity index (χ0n) is 22.3. The van der Waals surface area contributed by atoms with Gasteiger partial charge >= 0.3 is 0 Å². The molecule has 190 valence electrons. The van der Waals surface area contributed by atoms with Crippen molar-refractivity contribution in [2.45, 2.75) is 40.0 Å². The normalized spacial score (nSPS) is 13.6. The standard InChI is InChI=1S/C33H27N5S/c1-16(2)26-11-20-10-24-21-7-5-19(12-28(21)39-29(24)13-27(20)36-26)18-6-8-22-23(9-18)25-14-34-15-35-30(25)32-31(22)37-33(38-32)17(3)4/h5-10,12-17H,11H2,1-4H3,(H,37,38). The van der Waals surface area contributed by atoms with Crippen molar-refractivity contribution in [3.63, 3.8) is 0 Å². The first-order valence-electron chi connectivity index (χ1n) is 13.6. The predicted octanol–water partition coefficient (Wildman–Crippen LogP) is 9.10. The van der Waals surface area contributed by atoms with Gasteiger partial charge in [-0.05, 0) is 52.3 Å². The van der Waals surface area contributed by atoms with Crippen molar-refractivity contribution in [1.82, 2.24) is 19.9 Å². The third-order valence-electron chi connectivity index (χ3n) is 8.09. The van der Waals surface area contributed by atoms with Gasteiger partial charge in [-0.2, -0.15) is 0 Å². The molecule has 4 heterocycles. The van der Waals surface area contributed by atoms with E-state index in [1.165, 1.54) is 42.6 Å². The van der Waals surface area contributed by atoms with E-state index in [9.17, 15) is 0 Å². The van der Waals surface area contributed by atoms with E-state index in [-0.39, 0.29) is 0 Å². The molecule has 1 aliphatic rings. The maximum Gasteiger partial charge on any atom is 0.116 e. The SMILES string of the molecule is CC(C)C1=Nc2cc3sc4cc(-c5ccc6c(c5)c5cncnc5c5[nH]c(C(C)C)nc65)ccc4c3cc2C1. The molecule has 6 heteroatoms. The molecule has 1 aliphatic heterocycles. The van der Waals surface area contributed by atoms with Crippen LogP contribution in [0.1, 0.15) is 45.0 Å². The Balaban J connectivity index is 1.30. The van der Waals surface area contributed by atoms with E-state index in [0.29, 0.717) is 11.8 Å². The first kappa shape index (κ1) is 22.8. The van der Waals surface area contributed by atoms with Crippen molar-refractivity contribution in [2.75, 3.05) is 0 Å². The molecule has 0 amide bonds.